The summed E-state index contributed by atoms with van der Waals surface area (Å²) in [5.74, 6) is 0.570. The van der Waals surface area contributed by atoms with Crippen LogP contribution in [0.3, 0.4) is 0 Å². The molecule has 2 aliphatic rings. The number of nitrogens with zero attached hydrogens (tertiary/aromatic N) is 1. The standard InChI is InChI=1S/C17H23N3O2/c1-12-6-8-17(9-7-12)15(21)20(16(22)19-17)11-14-4-2-13(10-18)3-5-14/h2-5,12H,6-11,18H2,1H3,(H,19,22). The molecular weight excluding hydrogens is 278 g/mol. The number of urea groups is 1. The van der Waals surface area contributed by atoms with E-state index in [-0.39, 0.29) is 11.9 Å². The van der Waals surface area contributed by atoms with E-state index in [4.69, 9.17) is 5.73 Å². The minimum atomic E-state index is -0.652. The third-order valence-corrected chi connectivity index (χ3v) is 4.97. The normalized spacial score (nSPS) is 28.3. The number of amides is 3. The third-order valence-electron chi connectivity index (χ3n) is 4.97. The second-order valence-electron chi connectivity index (χ2n) is 6.61. The van der Waals surface area contributed by atoms with Crippen LogP contribution in [0, 0.1) is 5.92 Å². The molecule has 3 rings (SSSR count). The molecule has 5 nitrogen and oxygen atoms in total. The first-order valence-corrected chi connectivity index (χ1v) is 7.96. The maximum absolute atomic E-state index is 12.7. The second kappa shape index (κ2) is 5.72. The molecule has 1 saturated heterocycles. The van der Waals surface area contributed by atoms with Crippen LogP contribution in [-0.2, 0) is 17.9 Å². The molecule has 0 radical (unpaired) electrons. The number of carbonyl (C=O) groups excluding carboxylic acids is 2. The van der Waals surface area contributed by atoms with Crippen LogP contribution in [0.5, 0.6) is 0 Å². The number of nitrogens with one attached hydrogen (secondary N) is 1. The fraction of sp³-hybridized carbons (Fsp3) is 0.529. The molecule has 118 valence electrons. The van der Waals surface area contributed by atoms with Crippen molar-refractivity contribution in [1.29, 1.82) is 0 Å². The molecule has 1 saturated carbocycles. The van der Waals surface area contributed by atoms with Crippen LogP contribution in [0.4, 0.5) is 4.79 Å². The lowest BCUT2D eigenvalue weighted by molar-refractivity contribution is -0.133. The summed E-state index contributed by atoms with van der Waals surface area (Å²) in [5, 5.41) is 2.95. The largest absolute Gasteiger partial charge is 0.326 e. The number of nitrogens with two attached hydrogens (primary N) is 1. The lowest BCUT2D eigenvalue weighted by atomic mass is 9.77. The van der Waals surface area contributed by atoms with Crippen LogP contribution in [0.2, 0.25) is 0 Å². The summed E-state index contributed by atoms with van der Waals surface area (Å²) in [6.07, 6.45) is 3.48. The number of rotatable bonds is 3. The highest BCUT2D eigenvalue weighted by Crippen LogP contribution is 2.36. The Kier molecular flexibility index (Phi) is 3.91. The predicted molar refractivity (Wildman–Crippen MR) is 83.8 cm³/mol. The SMILES string of the molecule is CC1CCC2(CC1)NC(=O)N(Cc1ccc(CN)cc1)C2=O. The highest BCUT2D eigenvalue weighted by Gasteiger charge is 2.51. The average molecular weight is 301 g/mol. The molecule has 1 heterocycles. The van der Waals surface area contributed by atoms with E-state index in [1.807, 2.05) is 24.3 Å². The van der Waals surface area contributed by atoms with Crippen LogP contribution >= 0.6 is 0 Å². The molecule has 5 heteroatoms. The number of benzene rings is 1. The lowest BCUT2D eigenvalue weighted by Gasteiger charge is -2.33. The molecule has 3 N–H and O–H groups in total. The highest BCUT2D eigenvalue weighted by atomic mass is 16.2. The molecule has 2 fully saturated rings. The zero-order chi connectivity index (χ0) is 15.7. The van der Waals surface area contributed by atoms with Gasteiger partial charge in [-0.2, -0.15) is 0 Å². The first-order chi connectivity index (χ1) is 10.5. The molecule has 1 aliphatic carbocycles. The van der Waals surface area contributed by atoms with Gasteiger partial charge in [-0.05, 0) is 42.7 Å². The number of carbonyl (C=O) groups is 2. The van der Waals surface area contributed by atoms with Crippen LogP contribution < -0.4 is 11.1 Å². The smallest absolute Gasteiger partial charge is 0.325 e. The van der Waals surface area contributed by atoms with Crippen molar-refractivity contribution >= 4 is 11.9 Å². The molecule has 0 bridgehead atoms. The molecule has 0 aromatic heterocycles. The van der Waals surface area contributed by atoms with Gasteiger partial charge in [0.1, 0.15) is 5.54 Å². The van der Waals surface area contributed by atoms with Crippen molar-refractivity contribution in [2.24, 2.45) is 11.7 Å². The quantitative estimate of drug-likeness (QED) is 0.840. The topological polar surface area (TPSA) is 75.4 Å². The highest BCUT2D eigenvalue weighted by molar-refractivity contribution is 6.07. The number of hydrogen-bond donors (Lipinski definition) is 2. The minimum absolute atomic E-state index is 0.0627. The molecule has 22 heavy (non-hydrogen) atoms. The van der Waals surface area contributed by atoms with Crippen LogP contribution in [0.1, 0.15) is 43.7 Å². The van der Waals surface area contributed by atoms with Crippen molar-refractivity contribution in [3.63, 3.8) is 0 Å². The summed E-state index contributed by atoms with van der Waals surface area (Å²) in [4.78, 5) is 26.3. The molecule has 1 aromatic rings. The van der Waals surface area contributed by atoms with Crippen LogP contribution in [0.25, 0.3) is 0 Å². The molecule has 0 unspecified atom stereocenters. The van der Waals surface area contributed by atoms with Gasteiger partial charge in [0.05, 0.1) is 6.54 Å². The van der Waals surface area contributed by atoms with E-state index in [1.54, 1.807) is 0 Å². The zero-order valence-electron chi connectivity index (χ0n) is 13.0. The van der Waals surface area contributed by atoms with Gasteiger partial charge < -0.3 is 11.1 Å². The van der Waals surface area contributed by atoms with E-state index in [2.05, 4.69) is 12.2 Å². The van der Waals surface area contributed by atoms with Gasteiger partial charge in [0, 0.05) is 6.54 Å². The van der Waals surface area contributed by atoms with E-state index >= 15 is 0 Å². The third kappa shape index (κ3) is 2.61. The Morgan fingerprint density at radius 1 is 1.18 bits per heavy atom. The van der Waals surface area contributed by atoms with Gasteiger partial charge in [-0.3, -0.25) is 9.69 Å². The molecule has 1 aliphatic heterocycles. The second-order valence-corrected chi connectivity index (χ2v) is 6.61. The monoisotopic (exact) mass is 301 g/mol. The van der Waals surface area contributed by atoms with Gasteiger partial charge in [-0.25, -0.2) is 4.79 Å². The average Bonchev–Trinajstić information content (AvgIpc) is 2.76. The van der Waals surface area contributed by atoms with Crippen molar-refractivity contribution in [1.82, 2.24) is 10.2 Å². The van der Waals surface area contributed by atoms with E-state index < -0.39 is 5.54 Å². The van der Waals surface area contributed by atoms with Gasteiger partial charge >= 0.3 is 6.03 Å². The fourth-order valence-corrected chi connectivity index (χ4v) is 3.38. The van der Waals surface area contributed by atoms with Gasteiger partial charge in [0.2, 0.25) is 0 Å². The maximum Gasteiger partial charge on any atom is 0.325 e. The Balaban J connectivity index is 1.74. The molecule has 1 spiro atoms. The summed E-state index contributed by atoms with van der Waals surface area (Å²) in [6.45, 7) is 3.02. The van der Waals surface area contributed by atoms with Gasteiger partial charge in [0.15, 0.2) is 0 Å². The van der Waals surface area contributed by atoms with Gasteiger partial charge in [-0.15, -0.1) is 0 Å². The van der Waals surface area contributed by atoms with Crippen LogP contribution in [-0.4, -0.2) is 22.4 Å². The van der Waals surface area contributed by atoms with Crippen molar-refractivity contribution in [2.75, 3.05) is 0 Å². The van der Waals surface area contributed by atoms with Crippen molar-refractivity contribution in [3.8, 4) is 0 Å². The van der Waals surface area contributed by atoms with E-state index in [9.17, 15) is 9.59 Å². The number of imide groups is 1. The van der Waals surface area contributed by atoms with Crippen LogP contribution in [0.15, 0.2) is 24.3 Å². The Morgan fingerprint density at radius 2 is 1.77 bits per heavy atom. The summed E-state index contributed by atoms with van der Waals surface area (Å²) >= 11 is 0. The Bertz CT molecular complexity index is 574. The molecular formula is C17H23N3O2. The fourth-order valence-electron chi connectivity index (χ4n) is 3.38. The summed E-state index contributed by atoms with van der Waals surface area (Å²) < 4.78 is 0. The Labute approximate surface area is 130 Å². The summed E-state index contributed by atoms with van der Waals surface area (Å²) in [7, 11) is 0. The maximum atomic E-state index is 12.7. The molecule has 0 atom stereocenters. The van der Waals surface area contributed by atoms with Gasteiger partial charge in [-0.1, -0.05) is 31.2 Å². The van der Waals surface area contributed by atoms with Crippen molar-refractivity contribution < 1.29 is 9.59 Å². The predicted octanol–water partition coefficient (Wildman–Crippen LogP) is 2.15. The first-order valence-electron chi connectivity index (χ1n) is 7.96. The van der Waals surface area contributed by atoms with Crippen molar-refractivity contribution in [2.45, 2.75) is 51.2 Å². The minimum Gasteiger partial charge on any atom is -0.326 e. The van der Waals surface area contributed by atoms with E-state index in [0.29, 0.717) is 19.0 Å². The molecule has 3 amide bonds. The van der Waals surface area contributed by atoms with Crippen molar-refractivity contribution in [3.05, 3.63) is 35.4 Å². The zero-order valence-corrected chi connectivity index (χ0v) is 13.0. The first kappa shape index (κ1) is 15.0. The van der Waals surface area contributed by atoms with E-state index in [0.717, 1.165) is 36.8 Å². The summed E-state index contributed by atoms with van der Waals surface area (Å²) in [5.41, 5.74) is 6.92. The van der Waals surface area contributed by atoms with E-state index in [1.165, 1.54) is 4.90 Å². The molecule has 1 aromatic carbocycles. The Morgan fingerprint density at radius 3 is 2.36 bits per heavy atom. The lowest BCUT2D eigenvalue weighted by Crippen LogP contribution is -2.49. The Hall–Kier alpha value is -1.88. The number of hydrogen-bond acceptors (Lipinski definition) is 3. The van der Waals surface area contributed by atoms with Gasteiger partial charge in [0.25, 0.3) is 5.91 Å². The summed E-state index contributed by atoms with van der Waals surface area (Å²) in [6, 6.07) is 7.47.